The molecular weight excluding hydrogens is 300 g/mol. The Labute approximate surface area is 138 Å². The minimum atomic E-state index is 0. The predicted octanol–water partition coefficient (Wildman–Crippen LogP) is 1.03. The molecule has 122 valence electrons. The Morgan fingerprint density at radius 1 is 1.18 bits per heavy atom. The first-order valence-corrected chi connectivity index (χ1v) is 7.83. The largest absolute Gasteiger partial charge is 0.325 e. The molecule has 0 radical (unpaired) electrons. The smallest absolute Gasteiger partial charge is 0.238 e. The van der Waals surface area contributed by atoms with Crippen molar-refractivity contribution in [3.8, 4) is 0 Å². The first-order valence-electron chi connectivity index (χ1n) is 7.83. The summed E-state index contributed by atoms with van der Waals surface area (Å²) in [4.78, 5) is 16.9. The number of hydrogen-bond donors (Lipinski definition) is 2. The van der Waals surface area contributed by atoms with Crippen molar-refractivity contribution in [2.45, 2.75) is 12.5 Å². The van der Waals surface area contributed by atoms with Crippen LogP contribution in [0.5, 0.6) is 0 Å². The molecule has 0 saturated carbocycles. The number of nitrogens with zero attached hydrogens (tertiary/aromatic N) is 2. The molecule has 1 atom stereocenters. The van der Waals surface area contributed by atoms with Crippen LogP contribution in [0.3, 0.4) is 0 Å². The standard InChI is InChI=1S/C16H24N4O.ClH/c21-16(18-14-4-2-1-3-5-14)13-19-8-10-20(11-9-19)15-6-7-17-12-15;/h1-5,15,17H,6-13H2,(H,18,21);1H. The zero-order chi connectivity index (χ0) is 14.5. The summed E-state index contributed by atoms with van der Waals surface area (Å²) in [7, 11) is 0. The molecule has 22 heavy (non-hydrogen) atoms. The number of amides is 1. The van der Waals surface area contributed by atoms with Gasteiger partial charge in [0, 0.05) is 44.5 Å². The van der Waals surface area contributed by atoms with Crippen molar-refractivity contribution in [2.24, 2.45) is 0 Å². The molecular formula is C16H25ClN4O. The van der Waals surface area contributed by atoms with Crippen molar-refractivity contribution in [1.29, 1.82) is 0 Å². The van der Waals surface area contributed by atoms with E-state index >= 15 is 0 Å². The third kappa shape index (κ3) is 4.68. The van der Waals surface area contributed by atoms with Crippen LogP contribution in [0, 0.1) is 0 Å². The molecule has 0 aliphatic carbocycles. The Bertz CT molecular complexity index is 456. The van der Waals surface area contributed by atoms with Crippen molar-refractivity contribution >= 4 is 24.0 Å². The molecule has 0 bridgehead atoms. The summed E-state index contributed by atoms with van der Waals surface area (Å²) in [5.41, 5.74) is 0.873. The second-order valence-corrected chi connectivity index (χ2v) is 5.87. The van der Waals surface area contributed by atoms with Gasteiger partial charge >= 0.3 is 0 Å². The molecule has 0 spiro atoms. The van der Waals surface area contributed by atoms with Gasteiger partial charge in [-0.25, -0.2) is 0 Å². The van der Waals surface area contributed by atoms with E-state index in [0.717, 1.165) is 45.0 Å². The number of halogens is 1. The van der Waals surface area contributed by atoms with Crippen LogP contribution in [0.25, 0.3) is 0 Å². The number of benzene rings is 1. The first-order chi connectivity index (χ1) is 10.3. The summed E-state index contributed by atoms with van der Waals surface area (Å²) in [6.45, 7) is 6.87. The lowest BCUT2D eigenvalue weighted by Gasteiger charge is -2.37. The van der Waals surface area contributed by atoms with Gasteiger partial charge < -0.3 is 10.6 Å². The van der Waals surface area contributed by atoms with Crippen molar-refractivity contribution in [2.75, 3.05) is 51.1 Å². The van der Waals surface area contributed by atoms with E-state index in [4.69, 9.17) is 0 Å². The summed E-state index contributed by atoms with van der Waals surface area (Å²) in [5, 5.41) is 6.37. The lowest BCUT2D eigenvalue weighted by molar-refractivity contribution is -0.117. The van der Waals surface area contributed by atoms with Crippen LogP contribution < -0.4 is 10.6 Å². The third-order valence-corrected chi connectivity index (χ3v) is 4.38. The van der Waals surface area contributed by atoms with Crippen molar-refractivity contribution in [3.63, 3.8) is 0 Å². The SMILES string of the molecule is Cl.O=C(CN1CCN(C2CCNC2)CC1)Nc1ccccc1. The Hall–Kier alpha value is -1.14. The molecule has 1 amide bonds. The molecule has 2 aliphatic heterocycles. The summed E-state index contributed by atoms with van der Waals surface area (Å²) < 4.78 is 0. The second-order valence-electron chi connectivity index (χ2n) is 5.87. The minimum absolute atomic E-state index is 0. The predicted molar refractivity (Wildman–Crippen MR) is 91.6 cm³/mol. The summed E-state index contributed by atoms with van der Waals surface area (Å²) in [5.74, 6) is 0.0807. The van der Waals surface area contributed by atoms with Gasteiger partial charge in [0.2, 0.25) is 5.91 Å². The third-order valence-electron chi connectivity index (χ3n) is 4.38. The van der Waals surface area contributed by atoms with Gasteiger partial charge in [-0.1, -0.05) is 18.2 Å². The maximum absolute atomic E-state index is 12.0. The Kier molecular flexibility index (Phi) is 6.64. The van der Waals surface area contributed by atoms with Crippen LogP contribution >= 0.6 is 12.4 Å². The van der Waals surface area contributed by atoms with Crippen molar-refractivity contribution in [1.82, 2.24) is 15.1 Å². The molecule has 3 rings (SSSR count). The highest BCUT2D eigenvalue weighted by Gasteiger charge is 2.26. The molecule has 1 aromatic rings. The quantitative estimate of drug-likeness (QED) is 0.868. The first kappa shape index (κ1) is 17.2. The van der Waals surface area contributed by atoms with Gasteiger partial charge in [-0.05, 0) is 25.1 Å². The number of carbonyl (C=O) groups excluding carboxylic acids is 1. The van der Waals surface area contributed by atoms with E-state index in [9.17, 15) is 4.79 Å². The molecule has 1 aromatic carbocycles. The maximum atomic E-state index is 12.0. The molecule has 2 N–H and O–H groups in total. The number of hydrogen-bond acceptors (Lipinski definition) is 4. The Balaban J connectivity index is 0.00000176. The molecule has 6 heteroatoms. The zero-order valence-electron chi connectivity index (χ0n) is 12.8. The van der Waals surface area contributed by atoms with E-state index in [1.807, 2.05) is 30.3 Å². The highest BCUT2D eigenvalue weighted by Crippen LogP contribution is 2.12. The molecule has 2 aliphatic rings. The number of piperazine rings is 1. The van der Waals surface area contributed by atoms with Crippen LogP contribution in [0.15, 0.2) is 30.3 Å². The number of carbonyl (C=O) groups is 1. The monoisotopic (exact) mass is 324 g/mol. The highest BCUT2D eigenvalue weighted by atomic mass is 35.5. The van der Waals surface area contributed by atoms with E-state index in [2.05, 4.69) is 20.4 Å². The molecule has 2 saturated heterocycles. The van der Waals surface area contributed by atoms with Gasteiger partial charge in [0.15, 0.2) is 0 Å². The van der Waals surface area contributed by atoms with E-state index in [0.29, 0.717) is 12.6 Å². The Morgan fingerprint density at radius 2 is 1.91 bits per heavy atom. The fourth-order valence-corrected chi connectivity index (χ4v) is 3.16. The number of nitrogens with one attached hydrogen (secondary N) is 2. The van der Waals surface area contributed by atoms with Crippen LogP contribution in [-0.4, -0.2) is 67.6 Å². The van der Waals surface area contributed by atoms with Crippen molar-refractivity contribution < 1.29 is 4.79 Å². The van der Waals surface area contributed by atoms with Gasteiger partial charge in [-0.15, -0.1) is 12.4 Å². The van der Waals surface area contributed by atoms with E-state index in [-0.39, 0.29) is 18.3 Å². The maximum Gasteiger partial charge on any atom is 0.238 e. The van der Waals surface area contributed by atoms with Crippen LogP contribution in [-0.2, 0) is 4.79 Å². The average Bonchev–Trinajstić information content (AvgIpc) is 3.03. The van der Waals surface area contributed by atoms with Gasteiger partial charge in [-0.3, -0.25) is 14.6 Å². The lowest BCUT2D eigenvalue weighted by Crippen LogP contribution is -2.52. The average molecular weight is 325 g/mol. The summed E-state index contributed by atoms with van der Waals surface area (Å²) >= 11 is 0. The number of para-hydroxylation sites is 1. The highest BCUT2D eigenvalue weighted by molar-refractivity contribution is 5.92. The number of rotatable bonds is 4. The van der Waals surface area contributed by atoms with Gasteiger partial charge in [-0.2, -0.15) is 0 Å². The molecule has 1 unspecified atom stereocenters. The van der Waals surface area contributed by atoms with Crippen LogP contribution in [0.2, 0.25) is 0 Å². The van der Waals surface area contributed by atoms with Crippen LogP contribution in [0.1, 0.15) is 6.42 Å². The second kappa shape index (κ2) is 8.48. The Morgan fingerprint density at radius 3 is 2.55 bits per heavy atom. The topological polar surface area (TPSA) is 47.6 Å². The number of anilines is 1. The van der Waals surface area contributed by atoms with Crippen LogP contribution in [0.4, 0.5) is 5.69 Å². The summed E-state index contributed by atoms with van der Waals surface area (Å²) in [6, 6.07) is 10.4. The molecule has 0 aromatic heterocycles. The normalized spacial score (nSPS) is 23.0. The molecule has 2 heterocycles. The minimum Gasteiger partial charge on any atom is -0.325 e. The lowest BCUT2D eigenvalue weighted by atomic mass is 10.2. The van der Waals surface area contributed by atoms with Gasteiger partial charge in [0.1, 0.15) is 0 Å². The van der Waals surface area contributed by atoms with Gasteiger partial charge in [0.05, 0.1) is 6.54 Å². The van der Waals surface area contributed by atoms with E-state index in [1.165, 1.54) is 6.42 Å². The zero-order valence-corrected chi connectivity index (χ0v) is 13.6. The van der Waals surface area contributed by atoms with Crippen molar-refractivity contribution in [3.05, 3.63) is 30.3 Å². The molecule has 2 fully saturated rings. The fourth-order valence-electron chi connectivity index (χ4n) is 3.16. The summed E-state index contributed by atoms with van der Waals surface area (Å²) in [6.07, 6.45) is 1.26. The molecule has 5 nitrogen and oxygen atoms in total. The fraction of sp³-hybridized carbons (Fsp3) is 0.562. The van der Waals surface area contributed by atoms with Gasteiger partial charge in [0.25, 0.3) is 0 Å². The van der Waals surface area contributed by atoms with E-state index in [1.54, 1.807) is 0 Å². The van der Waals surface area contributed by atoms with E-state index < -0.39 is 0 Å².